The van der Waals surface area contributed by atoms with Crippen molar-refractivity contribution in [2.24, 2.45) is 5.73 Å². The molecular weight excluding hydrogens is 263 g/mol. The smallest absolute Gasteiger partial charge is 0.123 e. The van der Waals surface area contributed by atoms with Gasteiger partial charge in [0.25, 0.3) is 0 Å². The van der Waals surface area contributed by atoms with E-state index in [1.165, 1.54) is 17.2 Å². The Labute approximate surface area is 126 Å². The van der Waals surface area contributed by atoms with Crippen LogP contribution < -0.4 is 5.73 Å². The summed E-state index contributed by atoms with van der Waals surface area (Å²) in [6, 6.07) is 13.4. The number of aryl methyl sites for hydroxylation is 2. The second-order valence-corrected chi connectivity index (χ2v) is 5.59. The molecule has 0 aliphatic heterocycles. The molecule has 0 amide bonds. The van der Waals surface area contributed by atoms with Gasteiger partial charge in [0, 0.05) is 19.1 Å². The Morgan fingerprint density at radius 1 is 1.10 bits per heavy atom. The highest BCUT2D eigenvalue weighted by molar-refractivity contribution is 5.31. The standard InChI is InChI=1S/C18H23FN2/c1-13-6-4-5-7-15(13)12-21(3)18(11-20)17-9-8-16(19)10-14(17)2/h4-10,18H,11-12,20H2,1-3H3. The van der Waals surface area contributed by atoms with Crippen LogP contribution in [0.2, 0.25) is 0 Å². The summed E-state index contributed by atoms with van der Waals surface area (Å²) in [4.78, 5) is 2.22. The van der Waals surface area contributed by atoms with Gasteiger partial charge < -0.3 is 5.73 Å². The van der Waals surface area contributed by atoms with Crippen molar-refractivity contribution in [3.8, 4) is 0 Å². The van der Waals surface area contributed by atoms with Gasteiger partial charge in [-0.1, -0.05) is 30.3 Å². The quantitative estimate of drug-likeness (QED) is 0.910. The minimum absolute atomic E-state index is 0.0882. The second kappa shape index (κ2) is 6.83. The van der Waals surface area contributed by atoms with Crippen LogP contribution in [0.4, 0.5) is 4.39 Å². The van der Waals surface area contributed by atoms with Gasteiger partial charge in [-0.2, -0.15) is 0 Å². The van der Waals surface area contributed by atoms with E-state index in [1.54, 1.807) is 6.07 Å². The van der Waals surface area contributed by atoms with Crippen LogP contribution in [-0.2, 0) is 6.54 Å². The third-order valence-electron chi connectivity index (χ3n) is 4.03. The normalized spacial score (nSPS) is 12.7. The Hall–Kier alpha value is -1.71. The number of hydrogen-bond donors (Lipinski definition) is 1. The lowest BCUT2D eigenvalue weighted by Crippen LogP contribution is -2.31. The molecule has 3 heteroatoms. The van der Waals surface area contributed by atoms with Gasteiger partial charge in [0.15, 0.2) is 0 Å². The summed E-state index contributed by atoms with van der Waals surface area (Å²) in [5.41, 5.74) is 10.6. The van der Waals surface area contributed by atoms with Gasteiger partial charge in [-0.25, -0.2) is 4.39 Å². The largest absolute Gasteiger partial charge is 0.329 e. The highest BCUT2D eigenvalue weighted by Gasteiger charge is 2.18. The van der Waals surface area contributed by atoms with Crippen molar-refractivity contribution in [1.82, 2.24) is 4.90 Å². The van der Waals surface area contributed by atoms with E-state index in [9.17, 15) is 4.39 Å². The van der Waals surface area contributed by atoms with Crippen LogP contribution in [0, 0.1) is 19.7 Å². The molecule has 112 valence electrons. The van der Waals surface area contributed by atoms with Crippen molar-refractivity contribution in [1.29, 1.82) is 0 Å². The summed E-state index contributed by atoms with van der Waals surface area (Å²) in [5, 5.41) is 0. The van der Waals surface area contributed by atoms with Gasteiger partial charge in [0.1, 0.15) is 5.82 Å². The Bertz CT molecular complexity index is 610. The van der Waals surface area contributed by atoms with Crippen LogP contribution in [0.15, 0.2) is 42.5 Å². The maximum Gasteiger partial charge on any atom is 0.123 e. The number of benzene rings is 2. The highest BCUT2D eigenvalue weighted by Crippen LogP contribution is 2.24. The van der Waals surface area contributed by atoms with Crippen LogP contribution >= 0.6 is 0 Å². The predicted octanol–water partition coefficient (Wildman–Crippen LogP) is 3.57. The first-order valence-corrected chi connectivity index (χ1v) is 7.23. The average Bonchev–Trinajstić information content (AvgIpc) is 2.44. The van der Waals surface area contributed by atoms with Crippen LogP contribution in [0.5, 0.6) is 0 Å². The minimum atomic E-state index is -0.200. The number of nitrogens with two attached hydrogens (primary N) is 1. The van der Waals surface area contributed by atoms with Crippen LogP contribution in [0.3, 0.4) is 0 Å². The summed E-state index contributed by atoms with van der Waals surface area (Å²) >= 11 is 0. The SMILES string of the molecule is Cc1ccccc1CN(C)C(CN)c1ccc(F)cc1C. The Balaban J connectivity index is 2.22. The zero-order valence-electron chi connectivity index (χ0n) is 12.9. The number of likely N-dealkylation sites (N-methyl/N-ethyl adjacent to an activating group) is 1. The van der Waals surface area contributed by atoms with E-state index in [4.69, 9.17) is 5.73 Å². The van der Waals surface area contributed by atoms with Gasteiger partial charge in [-0.05, 0) is 55.3 Å². The molecule has 2 nitrogen and oxygen atoms in total. The van der Waals surface area contributed by atoms with Crippen LogP contribution in [0.1, 0.15) is 28.3 Å². The lowest BCUT2D eigenvalue weighted by atomic mass is 9.99. The Kier molecular flexibility index (Phi) is 5.10. The molecule has 2 aromatic rings. The van der Waals surface area contributed by atoms with Gasteiger partial charge in [0.05, 0.1) is 0 Å². The van der Waals surface area contributed by atoms with E-state index in [1.807, 2.05) is 19.1 Å². The fourth-order valence-electron chi connectivity index (χ4n) is 2.72. The van der Waals surface area contributed by atoms with Crippen molar-refractivity contribution < 1.29 is 4.39 Å². The average molecular weight is 286 g/mol. The monoisotopic (exact) mass is 286 g/mol. The molecule has 0 fully saturated rings. The maximum absolute atomic E-state index is 13.3. The van der Waals surface area contributed by atoms with Crippen molar-refractivity contribution >= 4 is 0 Å². The lowest BCUT2D eigenvalue weighted by molar-refractivity contribution is 0.240. The van der Waals surface area contributed by atoms with Gasteiger partial charge >= 0.3 is 0 Å². The summed E-state index contributed by atoms with van der Waals surface area (Å²) in [6.45, 7) is 5.38. The third kappa shape index (κ3) is 3.69. The summed E-state index contributed by atoms with van der Waals surface area (Å²) in [6.07, 6.45) is 0. The predicted molar refractivity (Wildman–Crippen MR) is 85.6 cm³/mol. The van der Waals surface area contributed by atoms with Crippen molar-refractivity contribution in [2.75, 3.05) is 13.6 Å². The zero-order valence-corrected chi connectivity index (χ0v) is 12.9. The topological polar surface area (TPSA) is 29.3 Å². The molecule has 0 aliphatic carbocycles. The van der Waals surface area contributed by atoms with Gasteiger partial charge in [0.2, 0.25) is 0 Å². The third-order valence-corrected chi connectivity index (χ3v) is 4.03. The number of halogens is 1. The van der Waals surface area contributed by atoms with Crippen LogP contribution in [0.25, 0.3) is 0 Å². The molecule has 0 aliphatic rings. The molecule has 2 rings (SSSR count). The van der Waals surface area contributed by atoms with E-state index >= 15 is 0 Å². The second-order valence-electron chi connectivity index (χ2n) is 5.59. The molecule has 21 heavy (non-hydrogen) atoms. The number of hydrogen-bond acceptors (Lipinski definition) is 2. The zero-order chi connectivity index (χ0) is 15.4. The van der Waals surface area contributed by atoms with Crippen LogP contribution in [-0.4, -0.2) is 18.5 Å². The Morgan fingerprint density at radius 2 is 1.81 bits per heavy atom. The fraction of sp³-hybridized carbons (Fsp3) is 0.333. The van der Waals surface area contributed by atoms with Crippen molar-refractivity contribution in [3.05, 3.63) is 70.5 Å². The molecule has 1 atom stereocenters. The number of rotatable bonds is 5. The first kappa shape index (κ1) is 15.7. The molecule has 0 radical (unpaired) electrons. The van der Waals surface area contributed by atoms with Gasteiger partial charge in [-0.3, -0.25) is 4.90 Å². The molecule has 2 N–H and O–H groups in total. The molecule has 0 heterocycles. The highest BCUT2D eigenvalue weighted by atomic mass is 19.1. The molecule has 0 saturated heterocycles. The van der Waals surface area contributed by atoms with E-state index in [-0.39, 0.29) is 11.9 Å². The van der Waals surface area contributed by atoms with E-state index in [2.05, 4.69) is 37.1 Å². The Morgan fingerprint density at radius 3 is 2.43 bits per heavy atom. The summed E-state index contributed by atoms with van der Waals surface area (Å²) < 4.78 is 13.3. The summed E-state index contributed by atoms with van der Waals surface area (Å²) in [7, 11) is 2.06. The molecule has 0 saturated carbocycles. The molecule has 1 unspecified atom stereocenters. The minimum Gasteiger partial charge on any atom is -0.329 e. The van der Waals surface area contributed by atoms with Gasteiger partial charge in [-0.15, -0.1) is 0 Å². The lowest BCUT2D eigenvalue weighted by Gasteiger charge is -2.29. The van der Waals surface area contributed by atoms with E-state index < -0.39 is 0 Å². The van der Waals surface area contributed by atoms with Crippen molar-refractivity contribution in [2.45, 2.75) is 26.4 Å². The van der Waals surface area contributed by atoms with E-state index in [0.717, 1.165) is 17.7 Å². The van der Waals surface area contributed by atoms with Crippen molar-refractivity contribution in [3.63, 3.8) is 0 Å². The molecule has 2 aromatic carbocycles. The summed E-state index contributed by atoms with van der Waals surface area (Å²) in [5.74, 6) is -0.200. The molecule has 0 bridgehead atoms. The molecule has 0 aromatic heterocycles. The number of nitrogens with zero attached hydrogens (tertiary/aromatic N) is 1. The maximum atomic E-state index is 13.3. The fourth-order valence-corrected chi connectivity index (χ4v) is 2.72. The first-order valence-electron chi connectivity index (χ1n) is 7.23. The molecule has 0 spiro atoms. The van der Waals surface area contributed by atoms with E-state index in [0.29, 0.717) is 6.54 Å². The first-order chi connectivity index (χ1) is 10.0. The molecular formula is C18H23FN2.